The van der Waals surface area contributed by atoms with E-state index >= 15 is 0 Å². The molecule has 2 rings (SSSR count). The van der Waals surface area contributed by atoms with Gasteiger partial charge in [-0.25, -0.2) is 0 Å². The van der Waals surface area contributed by atoms with Crippen LogP contribution >= 0.6 is 15.9 Å². The van der Waals surface area contributed by atoms with E-state index in [0.29, 0.717) is 6.04 Å². The smallest absolute Gasteiger partial charge is 0.0330 e. The summed E-state index contributed by atoms with van der Waals surface area (Å²) in [5.41, 5.74) is 1.37. The van der Waals surface area contributed by atoms with Crippen molar-refractivity contribution in [2.24, 2.45) is 5.92 Å². The molecule has 1 heterocycles. The maximum absolute atomic E-state index is 3.57. The lowest BCUT2D eigenvalue weighted by Crippen LogP contribution is -2.42. The Hall–Kier alpha value is -0.380. The van der Waals surface area contributed by atoms with E-state index in [2.05, 4.69) is 71.3 Å². The van der Waals surface area contributed by atoms with E-state index in [1.165, 1.54) is 37.9 Å². The average molecular weight is 339 g/mol. The third-order valence-corrected chi connectivity index (χ3v) is 5.04. The first kappa shape index (κ1) is 16.0. The fraction of sp³-hybridized carbons (Fsp3) is 0.647. The number of hydrogen-bond donors (Lipinski definition) is 1. The van der Waals surface area contributed by atoms with Crippen molar-refractivity contribution in [2.45, 2.75) is 45.2 Å². The van der Waals surface area contributed by atoms with Crippen molar-refractivity contribution in [3.05, 3.63) is 34.3 Å². The zero-order valence-electron chi connectivity index (χ0n) is 12.9. The van der Waals surface area contributed by atoms with Crippen LogP contribution in [0.15, 0.2) is 28.7 Å². The molecule has 0 amide bonds. The van der Waals surface area contributed by atoms with Gasteiger partial charge in [-0.3, -0.25) is 0 Å². The van der Waals surface area contributed by atoms with Crippen LogP contribution in [-0.2, 0) is 0 Å². The molecule has 3 heteroatoms. The average Bonchev–Trinajstić information content (AvgIpc) is 2.43. The Morgan fingerprint density at radius 1 is 1.35 bits per heavy atom. The largest absolute Gasteiger partial charge is 0.313 e. The summed E-state index contributed by atoms with van der Waals surface area (Å²) in [7, 11) is 2.06. The summed E-state index contributed by atoms with van der Waals surface area (Å²) in [5, 5.41) is 3.46. The number of rotatable bonds is 5. The van der Waals surface area contributed by atoms with E-state index in [4.69, 9.17) is 0 Å². The molecule has 0 saturated carbocycles. The summed E-state index contributed by atoms with van der Waals surface area (Å²) in [5.74, 6) is 0.852. The van der Waals surface area contributed by atoms with Crippen molar-refractivity contribution in [1.29, 1.82) is 0 Å². The molecule has 2 nitrogen and oxygen atoms in total. The predicted molar refractivity (Wildman–Crippen MR) is 90.0 cm³/mol. The van der Waals surface area contributed by atoms with E-state index < -0.39 is 0 Å². The third kappa shape index (κ3) is 4.31. The number of nitrogens with zero attached hydrogens (tertiary/aromatic N) is 1. The molecule has 3 unspecified atom stereocenters. The molecule has 0 spiro atoms. The molecule has 1 N–H and O–H groups in total. The maximum Gasteiger partial charge on any atom is 0.0330 e. The molecule has 3 atom stereocenters. The van der Waals surface area contributed by atoms with Crippen molar-refractivity contribution in [2.75, 3.05) is 20.1 Å². The highest BCUT2D eigenvalue weighted by Crippen LogP contribution is 2.25. The Kier molecular flexibility index (Phi) is 6.06. The summed E-state index contributed by atoms with van der Waals surface area (Å²) < 4.78 is 1.16. The quantitative estimate of drug-likeness (QED) is 0.864. The van der Waals surface area contributed by atoms with Crippen LogP contribution in [0, 0.1) is 5.92 Å². The molecule has 0 aliphatic carbocycles. The molecular formula is C17H27BrN2. The van der Waals surface area contributed by atoms with E-state index in [0.717, 1.165) is 16.4 Å². The fourth-order valence-corrected chi connectivity index (χ4v) is 3.60. The van der Waals surface area contributed by atoms with Crippen molar-refractivity contribution in [1.82, 2.24) is 10.2 Å². The number of nitrogens with one attached hydrogen (secondary N) is 1. The van der Waals surface area contributed by atoms with E-state index in [9.17, 15) is 0 Å². The van der Waals surface area contributed by atoms with Gasteiger partial charge in [-0.15, -0.1) is 0 Å². The van der Waals surface area contributed by atoms with Gasteiger partial charge >= 0.3 is 0 Å². The minimum absolute atomic E-state index is 0.442. The summed E-state index contributed by atoms with van der Waals surface area (Å²) >= 11 is 3.57. The van der Waals surface area contributed by atoms with Gasteiger partial charge in [0.1, 0.15) is 0 Å². The van der Waals surface area contributed by atoms with Gasteiger partial charge in [0.2, 0.25) is 0 Å². The predicted octanol–water partition coefficient (Wildman–Crippen LogP) is 4.22. The Labute approximate surface area is 132 Å². The second-order valence-electron chi connectivity index (χ2n) is 6.21. The van der Waals surface area contributed by atoms with Crippen LogP contribution in [0.25, 0.3) is 0 Å². The lowest BCUT2D eigenvalue weighted by molar-refractivity contribution is 0.119. The Bertz CT molecular complexity index is 421. The second-order valence-corrected chi connectivity index (χ2v) is 7.13. The van der Waals surface area contributed by atoms with E-state index in [-0.39, 0.29) is 0 Å². The number of hydrogen-bond acceptors (Lipinski definition) is 2. The molecule has 1 aromatic carbocycles. The van der Waals surface area contributed by atoms with Crippen molar-refractivity contribution < 1.29 is 0 Å². The molecule has 20 heavy (non-hydrogen) atoms. The van der Waals surface area contributed by atoms with Gasteiger partial charge in [-0.05, 0) is 56.8 Å². The van der Waals surface area contributed by atoms with Crippen LogP contribution in [0.2, 0.25) is 0 Å². The molecule has 1 aliphatic heterocycles. The van der Waals surface area contributed by atoms with E-state index in [1.54, 1.807) is 0 Å². The summed E-state index contributed by atoms with van der Waals surface area (Å²) in [6.45, 7) is 7.20. The van der Waals surface area contributed by atoms with Crippen molar-refractivity contribution in [3.8, 4) is 0 Å². The minimum atomic E-state index is 0.442. The van der Waals surface area contributed by atoms with Gasteiger partial charge in [-0.2, -0.15) is 0 Å². The minimum Gasteiger partial charge on any atom is -0.313 e. The third-order valence-electron chi connectivity index (χ3n) is 4.55. The van der Waals surface area contributed by atoms with Crippen LogP contribution in [0.4, 0.5) is 0 Å². The highest BCUT2D eigenvalue weighted by Gasteiger charge is 2.23. The Morgan fingerprint density at radius 2 is 2.15 bits per heavy atom. The van der Waals surface area contributed by atoms with E-state index in [1.807, 2.05) is 0 Å². The number of halogens is 1. The lowest BCUT2D eigenvalue weighted by Gasteiger charge is -2.37. The highest BCUT2D eigenvalue weighted by molar-refractivity contribution is 9.10. The van der Waals surface area contributed by atoms with Gasteiger partial charge in [0.25, 0.3) is 0 Å². The SMILES string of the molecule is CNC(CCN1CC(C)CCC1C)c1cccc(Br)c1. The topological polar surface area (TPSA) is 15.3 Å². The summed E-state index contributed by atoms with van der Waals surface area (Å²) in [6.07, 6.45) is 3.91. The molecule has 1 aliphatic rings. The first-order valence-corrected chi connectivity index (χ1v) is 8.56. The highest BCUT2D eigenvalue weighted by atomic mass is 79.9. The van der Waals surface area contributed by atoms with Crippen molar-refractivity contribution in [3.63, 3.8) is 0 Å². The van der Waals surface area contributed by atoms with Gasteiger partial charge in [-0.1, -0.05) is 35.0 Å². The van der Waals surface area contributed by atoms with Crippen LogP contribution < -0.4 is 5.32 Å². The van der Waals surface area contributed by atoms with Crippen LogP contribution in [0.1, 0.15) is 44.7 Å². The van der Waals surface area contributed by atoms with Gasteiger partial charge < -0.3 is 10.2 Å². The monoisotopic (exact) mass is 338 g/mol. The first-order valence-electron chi connectivity index (χ1n) is 7.77. The molecule has 0 radical (unpaired) electrons. The number of likely N-dealkylation sites (tertiary alicyclic amines) is 1. The molecule has 1 fully saturated rings. The lowest BCUT2D eigenvalue weighted by atomic mass is 9.94. The normalized spacial score (nSPS) is 25.6. The van der Waals surface area contributed by atoms with Crippen LogP contribution in [0.3, 0.4) is 0 Å². The number of benzene rings is 1. The van der Waals surface area contributed by atoms with Crippen molar-refractivity contribution >= 4 is 15.9 Å². The summed E-state index contributed by atoms with van der Waals surface area (Å²) in [6, 6.07) is 9.83. The first-order chi connectivity index (χ1) is 9.60. The molecular weight excluding hydrogens is 312 g/mol. The van der Waals surface area contributed by atoms with Gasteiger partial charge in [0.05, 0.1) is 0 Å². The second kappa shape index (κ2) is 7.58. The molecule has 0 bridgehead atoms. The number of piperidine rings is 1. The van der Waals surface area contributed by atoms with Gasteiger partial charge in [0.15, 0.2) is 0 Å². The Balaban J connectivity index is 1.93. The Morgan fingerprint density at radius 3 is 2.85 bits per heavy atom. The van der Waals surface area contributed by atoms with Gasteiger partial charge in [0, 0.05) is 29.6 Å². The zero-order valence-corrected chi connectivity index (χ0v) is 14.5. The molecule has 1 aromatic rings. The fourth-order valence-electron chi connectivity index (χ4n) is 3.19. The molecule has 112 valence electrons. The zero-order chi connectivity index (χ0) is 14.5. The molecule has 1 saturated heterocycles. The standard InChI is InChI=1S/C17H27BrN2/c1-13-7-8-14(2)20(12-13)10-9-17(19-3)15-5-4-6-16(18)11-15/h4-6,11,13-14,17,19H,7-10,12H2,1-3H3. The van der Waals surface area contributed by atoms with Crippen LogP contribution in [0.5, 0.6) is 0 Å². The summed E-state index contributed by atoms with van der Waals surface area (Å²) in [4.78, 5) is 2.66. The maximum atomic E-state index is 3.57. The molecule has 0 aromatic heterocycles. The van der Waals surface area contributed by atoms with Crippen LogP contribution in [-0.4, -0.2) is 31.1 Å².